The second kappa shape index (κ2) is 10.4. The Morgan fingerprint density at radius 1 is 1.02 bits per heavy atom. The molecule has 3 atom stereocenters. The Bertz CT molecular complexity index is 1370. The minimum Gasteiger partial charge on any atom is -0.497 e. The summed E-state index contributed by atoms with van der Waals surface area (Å²) in [6, 6.07) is 13.3. The standard InChI is InChI=1S/C30H40BNO7S/c1-19(2)22-10-8-9-21(14-22)16-32-25-18-40(34,35)17-23(27(25)37-28(32)33)13-20-11-12-26(36-7)24(15-20)31-38-29(3,4)30(5,6)39-31/h8-12,14-15,19,23,25,27H,13,16-18H2,1-7H3/t23-,25+,27+/m1/s1. The van der Waals surface area contributed by atoms with E-state index in [-0.39, 0.29) is 17.4 Å². The topological polar surface area (TPSA) is 91.4 Å². The Labute approximate surface area is 238 Å². The lowest BCUT2D eigenvalue weighted by Gasteiger charge is -2.34. The van der Waals surface area contributed by atoms with Crippen LogP contribution in [-0.2, 0) is 36.8 Å². The summed E-state index contributed by atoms with van der Waals surface area (Å²) in [7, 11) is -2.41. The number of benzene rings is 2. The highest BCUT2D eigenvalue weighted by atomic mass is 32.2. The van der Waals surface area contributed by atoms with Crippen LogP contribution in [-0.4, -0.2) is 68.5 Å². The third-order valence-corrected chi connectivity index (χ3v) is 10.7. The predicted octanol–water partition coefficient (Wildman–Crippen LogP) is 4.09. The van der Waals surface area contributed by atoms with Gasteiger partial charge in [-0.25, -0.2) is 13.2 Å². The average Bonchev–Trinajstić information content (AvgIpc) is 3.29. The Morgan fingerprint density at radius 2 is 1.73 bits per heavy atom. The fourth-order valence-corrected chi connectivity index (χ4v) is 7.88. The maximum atomic E-state index is 13.1. The predicted molar refractivity (Wildman–Crippen MR) is 155 cm³/mol. The van der Waals surface area contributed by atoms with Crippen molar-refractivity contribution in [3.8, 4) is 5.75 Å². The van der Waals surface area contributed by atoms with Crippen LogP contribution in [0.25, 0.3) is 0 Å². The van der Waals surface area contributed by atoms with E-state index in [9.17, 15) is 13.2 Å². The molecular weight excluding hydrogens is 529 g/mol. The quantitative estimate of drug-likeness (QED) is 0.464. The van der Waals surface area contributed by atoms with Crippen LogP contribution in [0.15, 0.2) is 42.5 Å². The van der Waals surface area contributed by atoms with Crippen molar-refractivity contribution in [1.82, 2.24) is 4.90 Å². The molecule has 3 heterocycles. The van der Waals surface area contributed by atoms with Gasteiger partial charge in [-0.05, 0) is 62.8 Å². The zero-order valence-electron chi connectivity index (χ0n) is 24.5. The first-order valence-electron chi connectivity index (χ1n) is 14.0. The number of sulfone groups is 1. The molecular formula is C30H40BNO7S. The molecule has 3 saturated heterocycles. The summed E-state index contributed by atoms with van der Waals surface area (Å²) >= 11 is 0. The van der Waals surface area contributed by atoms with Crippen molar-refractivity contribution in [2.45, 2.75) is 83.8 Å². The second-order valence-corrected chi connectivity index (χ2v) is 14.8. The van der Waals surface area contributed by atoms with E-state index < -0.39 is 46.4 Å². The van der Waals surface area contributed by atoms with Crippen LogP contribution in [0.5, 0.6) is 5.75 Å². The number of methoxy groups -OCH3 is 1. The van der Waals surface area contributed by atoms with Crippen molar-refractivity contribution < 1.29 is 32.0 Å². The molecule has 0 aliphatic carbocycles. The third-order valence-electron chi connectivity index (χ3n) is 8.88. The fraction of sp³-hybridized carbons (Fsp3) is 0.567. The van der Waals surface area contributed by atoms with Crippen LogP contribution >= 0.6 is 0 Å². The van der Waals surface area contributed by atoms with Gasteiger partial charge in [0.05, 0.1) is 35.9 Å². The summed E-state index contributed by atoms with van der Waals surface area (Å²) < 4.78 is 50.3. The van der Waals surface area contributed by atoms with E-state index >= 15 is 0 Å². The molecule has 216 valence electrons. The lowest BCUT2D eigenvalue weighted by Crippen LogP contribution is -2.51. The van der Waals surface area contributed by atoms with Gasteiger partial charge in [-0.1, -0.05) is 50.2 Å². The molecule has 0 bridgehead atoms. The first-order chi connectivity index (χ1) is 18.7. The van der Waals surface area contributed by atoms with E-state index in [4.69, 9.17) is 18.8 Å². The molecule has 40 heavy (non-hydrogen) atoms. The molecule has 10 heteroatoms. The molecule has 0 unspecified atom stereocenters. The molecule has 3 aliphatic rings. The van der Waals surface area contributed by atoms with Crippen molar-refractivity contribution in [3.63, 3.8) is 0 Å². The molecule has 2 aromatic rings. The minimum atomic E-state index is -3.39. The minimum absolute atomic E-state index is 0.0318. The zero-order chi connectivity index (χ0) is 29.0. The highest BCUT2D eigenvalue weighted by Crippen LogP contribution is 2.38. The number of carbonyl (C=O) groups excluding carboxylic acids is 1. The van der Waals surface area contributed by atoms with Gasteiger partial charge in [0.1, 0.15) is 11.9 Å². The molecule has 1 amide bonds. The van der Waals surface area contributed by atoms with Gasteiger partial charge in [-0.3, -0.25) is 4.90 Å². The fourth-order valence-electron chi connectivity index (χ4n) is 5.89. The molecule has 0 radical (unpaired) electrons. The maximum absolute atomic E-state index is 13.1. The first-order valence-corrected chi connectivity index (χ1v) is 15.8. The normalized spacial score (nSPS) is 26.6. The lowest BCUT2D eigenvalue weighted by atomic mass is 9.76. The van der Waals surface area contributed by atoms with Crippen molar-refractivity contribution in [1.29, 1.82) is 0 Å². The van der Waals surface area contributed by atoms with Gasteiger partial charge in [-0.2, -0.15) is 0 Å². The molecule has 5 rings (SSSR count). The summed E-state index contributed by atoms with van der Waals surface area (Å²) in [4.78, 5) is 14.7. The van der Waals surface area contributed by atoms with E-state index in [1.807, 2.05) is 58.0 Å². The number of rotatable bonds is 7. The Hall–Kier alpha value is -2.56. The monoisotopic (exact) mass is 569 g/mol. The van der Waals surface area contributed by atoms with Gasteiger partial charge in [0.25, 0.3) is 0 Å². The SMILES string of the molecule is COc1ccc(C[C@@H]2CS(=O)(=O)C[C@H]3[C@H]2OC(=O)N3Cc2cccc(C(C)C)c2)cc1B1OC(C)(C)C(C)(C)O1. The van der Waals surface area contributed by atoms with Gasteiger partial charge in [-0.15, -0.1) is 0 Å². The van der Waals surface area contributed by atoms with E-state index in [0.717, 1.165) is 16.6 Å². The molecule has 0 spiro atoms. The number of carbonyl (C=O) groups is 1. The van der Waals surface area contributed by atoms with Crippen LogP contribution in [0, 0.1) is 5.92 Å². The third kappa shape index (κ3) is 5.50. The molecule has 2 aromatic carbocycles. The molecule has 0 aromatic heterocycles. The van der Waals surface area contributed by atoms with Gasteiger partial charge in [0.2, 0.25) is 0 Å². The van der Waals surface area contributed by atoms with Crippen molar-refractivity contribution >= 4 is 28.5 Å². The van der Waals surface area contributed by atoms with Crippen LogP contribution in [0.2, 0.25) is 0 Å². The van der Waals surface area contributed by atoms with Gasteiger partial charge in [0.15, 0.2) is 9.84 Å². The van der Waals surface area contributed by atoms with Crippen LogP contribution < -0.4 is 10.2 Å². The van der Waals surface area contributed by atoms with Gasteiger partial charge < -0.3 is 18.8 Å². The number of amides is 1. The Balaban J connectivity index is 1.39. The smallest absolute Gasteiger partial charge is 0.497 e. The van der Waals surface area contributed by atoms with Crippen molar-refractivity contribution in [2.24, 2.45) is 5.92 Å². The van der Waals surface area contributed by atoms with Gasteiger partial charge >= 0.3 is 13.2 Å². The molecule has 0 N–H and O–H groups in total. The van der Waals surface area contributed by atoms with Gasteiger partial charge in [0, 0.05) is 17.9 Å². The number of fused-ring (bicyclic) bond motifs is 1. The summed E-state index contributed by atoms with van der Waals surface area (Å²) in [5, 5.41) is 0. The zero-order valence-corrected chi connectivity index (χ0v) is 25.3. The van der Waals surface area contributed by atoms with E-state index in [0.29, 0.717) is 24.6 Å². The molecule has 3 fully saturated rings. The largest absolute Gasteiger partial charge is 0.498 e. The molecule has 8 nitrogen and oxygen atoms in total. The van der Waals surface area contributed by atoms with Crippen LogP contribution in [0.3, 0.4) is 0 Å². The average molecular weight is 570 g/mol. The van der Waals surface area contributed by atoms with Crippen molar-refractivity contribution in [2.75, 3.05) is 18.6 Å². The first kappa shape index (κ1) is 29.0. The molecule has 3 aliphatic heterocycles. The van der Waals surface area contributed by atoms with E-state index in [1.165, 1.54) is 5.56 Å². The maximum Gasteiger partial charge on any atom is 0.498 e. The van der Waals surface area contributed by atoms with E-state index in [1.54, 1.807) is 12.0 Å². The Morgan fingerprint density at radius 3 is 2.38 bits per heavy atom. The number of hydrogen-bond acceptors (Lipinski definition) is 7. The molecule has 0 saturated carbocycles. The number of ether oxygens (including phenoxy) is 2. The van der Waals surface area contributed by atoms with Crippen LogP contribution in [0.1, 0.15) is 64.2 Å². The summed E-state index contributed by atoms with van der Waals surface area (Å²) in [5.41, 5.74) is 2.77. The number of hydrogen-bond donors (Lipinski definition) is 0. The summed E-state index contributed by atoms with van der Waals surface area (Å²) in [5.74, 6) is 0.489. The van der Waals surface area contributed by atoms with Crippen LogP contribution in [0.4, 0.5) is 4.79 Å². The summed E-state index contributed by atoms with van der Waals surface area (Å²) in [6.45, 7) is 12.5. The lowest BCUT2D eigenvalue weighted by molar-refractivity contribution is 0.00578. The van der Waals surface area contributed by atoms with Crippen molar-refractivity contribution in [3.05, 3.63) is 59.2 Å². The Kier molecular flexibility index (Phi) is 7.51. The second-order valence-electron chi connectivity index (χ2n) is 12.6. The highest BCUT2D eigenvalue weighted by Gasteiger charge is 2.53. The highest BCUT2D eigenvalue weighted by molar-refractivity contribution is 7.91. The number of nitrogens with zero attached hydrogens (tertiary/aromatic N) is 1. The summed E-state index contributed by atoms with van der Waals surface area (Å²) in [6.07, 6.45) is -0.535. The van der Waals surface area contributed by atoms with E-state index in [2.05, 4.69) is 26.0 Å².